The third-order valence-electron chi connectivity index (χ3n) is 1.63. The van der Waals surface area contributed by atoms with E-state index in [-0.39, 0.29) is 0 Å². The first kappa shape index (κ1) is 6.33. The molecule has 1 radical (unpaired) electrons. The van der Waals surface area contributed by atoms with Crippen LogP contribution < -0.4 is 5.43 Å². The quantitative estimate of drug-likeness (QED) is 0.507. The molecule has 2 heteroatoms. The van der Waals surface area contributed by atoms with Crippen LogP contribution in [0, 0.1) is 0 Å². The van der Waals surface area contributed by atoms with E-state index in [1.165, 1.54) is 5.57 Å². The van der Waals surface area contributed by atoms with Gasteiger partial charge < -0.3 is 0 Å². The molecule has 0 spiro atoms. The van der Waals surface area contributed by atoms with Gasteiger partial charge in [0.2, 0.25) is 0 Å². The number of nitrogens with zero attached hydrogens (tertiary/aromatic N) is 2. The van der Waals surface area contributed by atoms with Crippen LogP contribution in [-0.4, -0.2) is 5.71 Å². The Kier molecular flexibility index (Phi) is 1.56. The standard InChI is InChI=1S/C7H11N2/c1-4-7-5(2)6(3)8-9-7/h4H2,1-3H3. The minimum atomic E-state index is 0.993. The van der Waals surface area contributed by atoms with Gasteiger partial charge in [0.1, 0.15) is 0 Å². The van der Waals surface area contributed by atoms with Crippen LogP contribution in [0.25, 0.3) is 0 Å². The van der Waals surface area contributed by atoms with Crippen molar-refractivity contribution in [2.45, 2.75) is 27.2 Å². The Bertz CT molecular complexity index is 177. The fourth-order valence-corrected chi connectivity index (χ4v) is 0.830. The summed E-state index contributed by atoms with van der Waals surface area (Å²) < 4.78 is 0. The normalized spacial score (nSPS) is 17.9. The maximum atomic E-state index is 3.98. The van der Waals surface area contributed by atoms with Crippen molar-refractivity contribution in [2.24, 2.45) is 5.10 Å². The van der Waals surface area contributed by atoms with Gasteiger partial charge in [0.25, 0.3) is 0 Å². The minimum absolute atomic E-state index is 0.993. The average Bonchev–Trinajstić information content (AvgIpc) is 2.15. The lowest BCUT2D eigenvalue weighted by Gasteiger charge is -1.92. The molecule has 0 aromatic heterocycles. The van der Waals surface area contributed by atoms with Crippen molar-refractivity contribution in [3.63, 3.8) is 0 Å². The highest BCUT2D eigenvalue weighted by molar-refractivity contribution is 6.01. The molecule has 0 saturated carbocycles. The van der Waals surface area contributed by atoms with E-state index < -0.39 is 0 Å². The Morgan fingerprint density at radius 2 is 2.00 bits per heavy atom. The fourth-order valence-electron chi connectivity index (χ4n) is 0.830. The van der Waals surface area contributed by atoms with Crippen LogP contribution in [0.3, 0.4) is 0 Å². The number of hydrogen-bond acceptors (Lipinski definition) is 1. The molecule has 1 heterocycles. The molecule has 49 valence electrons. The van der Waals surface area contributed by atoms with Crippen molar-refractivity contribution < 1.29 is 0 Å². The molecule has 1 aliphatic heterocycles. The van der Waals surface area contributed by atoms with E-state index in [4.69, 9.17) is 0 Å². The van der Waals surface area contributed by atoms with Crippen LogP contribution in [0.2, 0.25) is 0 Å². The summed E-state index contributed by atoms with van der Waals surface area (Å²) in [6.45, 7) is 6.14. The van der Waals surface area contributed by atoms with Crippen molar-refractivity contribution in [3.05, 3.63) is 11.3 Å². The zero-order valence-corrected chi connectivity index (χ0v) is 6.10. The van der Waals surface area contributed by atoms with Gasteiger partial charge in [-0.3, -0.25) is 0 Å². The monoisotopic (exact) mass is 123 g/mol. The summed E-state index contributed by atoms with van der Waals surface area (Å²) in [4.78, 5) is 0. The van der Waals surface area contributed by atoms with Crippen LogP contribution in [-0.2, 0) is 0 Å². The molecule has 0 atom stereocenters. The van der Waals surface area contributed by atoms with Gasteiger partial charge >= 0.3 is 0 Å². The van der Waals surface area contributed by atoms with Crippen molar-refractivity contribution in [1.29, 1.82) is 0 Å². The highest BCUT2D eigenvalue weighted by atomic mass is 15.3. The fraction of sp³-hybridized carbons (Fsp3) is 0.571. The summed E-state index contributed by atoms with van der Waals surface area (Å²) in [5, 5.41) is 3.98. The van der Waals surface area contributed by atoms with Gasteiger partial charge in [-0.15, -0.1) is 0 Å². The van der Waals surface area contributed by atoms with Crippen LogP contribution in [0.1, 0.15) is 27.2 Å². The minimum Gasteiger partial charge on any atom is -0.155 e. The van der Waals surface area contributed by atoms with Gasteiger partial charge in [-0.2, -0.15) is 10.5 Å². The van der Waals surface area contributed by atoms with Crippen molar-refractivity contribution >= 4 is 5.71 Å². The summed E-state index contributed by atoms with van der Waals surface area (Å²) in [6, 6.07) is 0. The third-order valence-corrected chi connectivity index (χ3v) is 1.63. The molecule has 0 bridgehead atoms. The molecular weight excluding hydrogens is 112 g/mol. The van der Waals surface area contributed by atoms with Gasteiger partial charge in [0, 0.05) is 0 Å². The van der Waals surface area contributed by atoms with E-state index in [0.29, 0.717) is 0 Å². The summed E-state index contributed by atoms with van der Waals surface area (Å²) in [5.74, 6) is 0. The Morgan fingerprint density at radius 3 is 2.22 bits per heavy atom. The zero-order chi connectivity index (χ0) is 6.85. The Morgan fingerprint density at radius 1 is 1.33 bits per heavy atom. The second-order valence-electron chi connectivity index (χ2n) is 2.21. The molecule has 1 rings (SSSR count). The van der Waals surface area contributed by atoms with Crippen molar-refractivity contribution in [2.75, 3.05) is 0 Å². The zero-order valence-electron chi connectivity index (χ0n) is 6.10. The maximum absolute atomic E-state index is 3.98. The molecule has 0 aromatic rings. The molecule has 0 aliphatic carbocycles. The average molecular weight is 123 g/mol. The first-order chi connectivity index (χ1) is 4.25. The van der Waals surface area contributed by atoms with E-state index in [0.717, 1.165) is 17.8 Å². The second-order valence-corrected chi connectivity index (χ2v) is 2.21. The smallest absolute Gasteiger partial charge is 0.0675 e. The van der Waals surface area contributed by atoms with Crippen molar-refractivity contribution in [3.8, 4) is 0 Å². The van der Waals surface area contributed by atoms with E-state index >= 15 is 0 Å². The summed E-state index contributed by atoms with van der Waals surface area (Å²) in [5.41, 5.74) is 7.38. The summed E-state index contributed by atoms with van der Waals surface area (Å²) in [7, 11) is 0. The Balaban J connectivity index is 2.79. The second kappa shape index (κ2) is 2.21. The molecule has 0 amide bonds. The van der Waals surface area contributed by atoms with Crippen LogP contribution in [0.4, 0.5) is 0 Å². The molecule has 0 N–H and O–H groups in total. The molecule has 0 saturated heterocycles. The van der Waals surface area contributed by atoms with E-state index in [2.05, 4.69) is 24.4 Å². The molecule has 0 aromatic carbocycles. The predicted octanol–water partition coefficient (Wildman–Crippen LogP) is 1.66. The number of hydrogen-bond donors (Lipinski definition) is 0. The summed E-state index contributed by atoms with van der Waals surface area (Å²) in [6.07, 6.45) is 0.993. The van der Waals surface area contributed by atoms with Crippen LogP contribution in [0.15, 0.2) is 16.4 Å². The highest BCUT2D eigenvalue weighted by Crippen LogP contribution is 2.12. The topological polar surface area (TPSA) is 26.5 Å². The van der Waals surface area contributed by atoms with Crippen molar-refractivity contribution in [1.82, 2.24) is 5.43 Å². The van der Waals surface area contributed by atoms with Crippen LogP contribution >= 0.6 is 0 Å². The lowest BCUT2D eigenvalue weighted by atomic mass is 10.1. The number of allylic oxidation sites excluding steroid dienone is 2. The van der Waals surface area contributed by atoms with Gasteiger partial charge in [0.15, 0.2) is 0 Å². The molecule has 9 heavy (non-hydrogen) atoms. The third kappa shape index (κ3) is 0.969. The summed E-state index contributed by atoms with van der Waals surface area (Å²) >= 11 is 0. The Labute approximate surface area is 55.6 Å². The first-order valence-electron chi connectivity index (χ1n) is 3.21. The predicted molar refractivity (Wildman–Crippen MR) is 38.2 cm³/mol. The number of rotatable bonds is 1. The van der Waals surface area contributed by atoms with E-state index in [1.54, 1.807) is 0 Å². The van der Waals surface area contributed by atoms with E-state index in [1.807, 2.05) is 6.92 Å². The molecule has 0 fully saturated rings. The van der Waals surface area contributed by atoms with Gasteiger partial charge in [-0.1, -0.05) is 6.92 Å². The van der Waals surface area contributed by atoms with Gasteiger partial charge in [-0.05, 0) is 25.8 Å². The molecule has 2 nitrogen and oxygen atoms in total. The van der Waals surface area contributed by atoms with Crippen LogP contribution in [0.5, 0.6) is 0 Å². The van der Waals surface area contributed by atoms with E-state index in [9.17, 15) is 0 Å². The molecular formula is C7H11N2. The maximum Gasteiger partial charge on any atom is 0.0675 e. The van der Waals surface area contributed by atoms with Gasteiger partial charge in [0.05, 0.1) is 11.4 Å². The molecule has 1 aliphatic rings. The highest BCUT2D eigenvalue weighted by Gasteiger charge is 2.10. The SMILES string of the molecule is CCC1=N[N]C(C)=C1C. The van der Waals surface area contributed by atoms with Gasteiger partial charge in [-0.25, -0.2) is 0 Å². The lowest BCUT2D eigenvalue weighted by molar-refractivity contribution is 0.887. The first-order valence-corrected chi connectivity index (χ1v) is 3.21. The Hall–Kier alpha value is -0.790. The lowest BCUT2D eigenvalue weighted by Crippen LogP contribution is -1.92. The molecule has 0 unspecified atom stereocenters. The largest absolute Gasteiger partial charge is 0.155 e.